The molecule has 0 saturated carbocycles. The van der Waals surface area contributed by atoms with Gasteiger partial charge in [-0.3, -0.25) is 0 Å². The van der Waals surface area contributed by atoms with Gasteiger partial charge in [-0.05, 0) is 72.4 Å². The Morgan fingerprint density at radius 2 is 1.76 bits per heavy atom. The van der Waals surface area contributed by atoms with E-state index in [1.54, 1.807) is 12.1 Å². The molecular formula is C25H34O4. The summed E-state index contributed by atoms with van der Waals surface area (Å²) in [6, 6.07) is 13.5. The van der Waals surface area contributed by atoms with E-state index < -0.39 is 12.1 Å². The Balaban J connectivity index is 1.97. The molecular weight excluding hydrogens is 364 g/mol. The summed E-state index contributed by atoms with van der Waals surface area (Å²) in [6.45, 7) is 10.5. The first-order valence-electron chi connectivity index (χ1n) is 10.4. The Morgan fingerprint density at radius 1 is 1.10 bits per heavy atom. The lowest BCUT2D eigenvalue weighted by Gasteiger charge is -2.26. The summed E-state index contributed by atoms with van der Waals surface area (Å²) < 4.78 is 5.83. The number of hydrogen-bond acceptors (Lipinski definition) is 3. The third kappa shape index (κ3) is 6.60. The summed E-state index contributed by atoms with van der Waals surface area (Å²) in [7, 11) is 0. The lowest BCUT2D eigenvalue weighted by atomic mass is 9.89. The van der Waals surface area contributed by atoms with Crippen molar-refractivity contribution >= 4 is 5.97 Å². The van der Waals surface area contributed by atoms with Gasteiger partial charge in [0.2, 0.25) is 0 Å². The van der Waals surface area contributed by atoms with Crippen LogP contribution in [0.4, 0.5) is 0 Å². The molecule has 0 spiro atoms. The Labute approximate surface area is 174 Å². The summed E-state index contributed by atoms with van der Waals surface area (Å²) in [6.07, 6.45) is 2.45. The van der Waals surface area contributed by atoms with Crippen LogP contribution in [0.2, 0.25) is 0 Å². The predicted octanol–water partition coefficient (Wildman–Crippen LogP) is 5.61. The number of hydrogen-bond donors (Lipinski definition) is 2. The highest BCUT2D eigenvalue weighted by Crippen LogP contribution is 2.28. The molecule has 0 aliphatic heterocycles. The van der Waals surface area contributed by atoms with Crippen molar-refractivity contribution < 1.29 is 19.7 Å². The van der Waals surface area contributed by atoms with E-state index in [1.807, 2.05) is 45.9 Å². The second kappa shape index (κ2) is 9.93. The van der Waals surface area contributed by atoms with Gasteiger partial charge in [-0.1, -0.05) is 52.0 Å². The molecule has 2 aromatic rings. The van der Waals surface area contributed by atoms with E-state index in [2.05, 4.69) is 19.1 Å². The first-order valence-corrected chi connectivity index (χ1v) is 10.4. The highest BCUT2D eigenvalue weighted by Gasteiger charge is 2.22. The molecule has 0 fully saturated rings. The monoisotopic (exact) mass is 398 g/mol. The SMILES string of the molecule is CCC(CCc1ccc(OCC(O)C(C)(C)C)c(C)c1)c1ccc(C(=O)O)cc1. The van der Waals surface area contributed by atoms with Gasteiger partial charge in [-0.2, -0.15) is 0 Å². The van der Waals surface area contributed by atoms with Gasteiger partial charge < -0.3 is 14.9 Å². The summed E-state index contributed by atoms with van der Waals surface area (Å²) >= 11 is 0. The minimum Gasteiger partial charge on any atom is -0.491 e. The fourth-order valence-corrected chi connectivity index (χ4v) is 3.29. The molecule has 2 unspecified atom stereocenters. The second-order valence-corrected chi connectivity index (χ2v) is 8.86. The van der Waals surface area contributed by atoms with Gasteiger partial charge in [0.25, 0.3) is 0 Å². The van der Waals surface area contributed by atoms with E-state index in [0.717, 1.165) is 30.6 Å². The maximum Gasteiger partial charge on any atom is 0.335 e. The molecule has 2 atom stereocenters. The standard InChI is InChI=1S/C25H34O4/c1-6-19(20-10-12-21(13-11-20)24(27)28)9-7-18-8-14-22(17(2)15-18)29-16-23(26)25(3,4)5/h8,10-15,19,23,26H,6-7,9,16H2,1-5H3,(H,27,28). The maximum atomic E-state index is 11.0. The highest BCUT2D eigenvalue weighted by atomic mass is 16.5. The fraction of sp³-hybridized carbons (Fsp3) is 0.480. The van der Waals surface area contributed by atoms with Gasteiger partial charge in [0.05, 0.1) is 11.7 Å². The van der Waals surface area contributed by atoms with E-state index in [4.69, 9.17) is 9.84 Å². The minimum absolute atomic E-state index is 0.203. The molecule has 0 aliphatic carbocycles. The van der Waals surface area contributed by atoms with Gasteiger partial charge in [0, 0.05) is 0 Å². The zero-order valence-corrected chi connectivity index (χ0v) is 18.2. The van der Waals surface area contributed by atoms with Gasteiger partial charge >= 0.3 is 5.97 Å². The third-order valence-electron chi connectivity index (χ3n) is 5.54. The van der Waals surface area contributed by atoms with Crippen LogP contribution in [0, 0.1) is 12.3 Å². The molecule has 2 aromatic carbocycles. The van der Waals surface area contributed by atoms with Crippen LogP contribution in [0.15, 0.2) is 42.5 Å². The van der Waals surface area contributed by atoms with Crippen LogP contribution in [0.5, 0.6) is 5.75 Å². The van der Waals surface area contributed by atoms with Crippen LogP contribution in [0.1, 0.15) is 73.5 Å². The van der Waals surface area contributed by atoms with Gasteiger partial charge in [-0.15, -0.1) is 0 Å². The summed E-state index contributed by atoms with van der Waals surface area (Å²) in [5, 5.41) is 19.2. The van der Waals surface area contributed by atoms with Gasteiger partial charge in [-0.25, -0.2) is 4.79 Å². The van der Waals surface area contributed by atoms with E-state index in [0.29, 0.717) is 11.5 Å². The van der Waals surface area contributed by atoms with Crippen molar-refractivity contribution in [3.8, 4) is 5.75 Å². The molecule has 29 heavy (non-hydrogen) atoms. The predicted molar refractivity (Wildman–Crippen MR) is 117 cm³/mol. The molecule has 0 amide bonds. The molecule has 0 saturated heterocycles. The average molecular weight is 399 g/mol. The average Bonchev–Trinajstić information content (AvgIpc) is 2.67. The third-order valence-corrected chi connectivity index (χ3v) is 5.54. The number of carbonyl (C=O) groups is 1. The lowest BCUT2D eigenvalue weighted by molar-refractivity contribution is 0.0216. The van der Waals surface area contributed by atoms with Crippen molar-refractivity contribution in [3.63, 3.8) is 0 Å². The van der Waals surface area contributed by atoms with Gasteiger partial charge in [0.1, 0.15) is 12.4 Å². The van der Waals surface area contributed by atoms with Crippen molar-refractivity contribution in [1.29, 1.82) is 0 Å². The zero-order valence-electron chi connectivity index (χ0n) is 18.2. The van der Waals surface area contributed by atoms with Crippen LogP contribution in [0.3, 0.4) is 0 Å². The van der Waals surface area contributed by atoms with Crippen molar-refractivity contribution in [1.82, 2.24) is 0 Å². The van der Waals surface area contributed by atoms with Gasteiger partial charge in [0.15, 0.2) is 0 Å². The molecule has 2 rings (SSSR count). The fourth-order valence-electron chi connectivity index (χ4n) is 3.29. The van der Waals surface area contributed by atoms with Crippen molar-refractivity contribution in [3.05, 3.63) is 64.7 Å². The Kier molecular flexibility index (Phi) is 7.86. The Bertz CT molecular complexity index is 803. The van der Waals surface area contributed by atoms with E-state index in [1.165, 1.54) is 11.1 Å². The summed E-state index contributed by atoms with van der Waals surface area (Å²) in [4.78, 5) is 11.0. The minimum atomic E-state index is -0.891. The zero-order chi connectivity index (χ0) is 21.6. The number of rotatable bonds is 9. The molecule has 0 radical (unpaired) electrons. The van der Waals surface area contributed by atoms with Crippen LogP contribution >= 0.6 is 0 Å². The second-order valence-electron chi connectivity index (χ2n) is 8.86. The molecule has 4 nitrogen and oxygen atoms in total. The van der Waals surface area contributed by atoms with E-state index in [9.17, 15) is 9.90 Å². The molecule has 0 aromatic heterocycles. The molecule has 0 heterocycles. The number of ether oxygens (including phenoxy) is 1. The lowest BCUT2D eigenvalue weighted by Crippen LogP contribution is -2.32. The van der Waals surface area contributed by atoms with Crippen molar-refractivity contribution in [2.24, 2.45) is 5.41 Å². The number of carboxylic acids is 1. The van der Waals surface area contributed by atoms with Crippen molar-refractivity contribution in [2.45, 2.75) is 65.9 Å². The quantitative estimate of drug-likeness (QED) is 0.576. The Hall–Kier alpha value is -2.33. The topological polar surface area (TPSA) is 66.8 Å². The first kappa shape index (κ1) is 23.0. The normalized spacial score (nSPS) is 13.7. The maximum absolute atomic E-state index is 11.0. The molecule has 0 bridgehead atoms. The highest BCUT2D eigenvalue weighted by molar-refractivity contribution is 5.87. The molecule has 158 valence electrons. The molecule has 2 N–H and O–H groups in total. The first-order chi connectivity index (χ1) is 13.6. The van der Waals surface area contributed by atoms with Crippen LogP contribution in [-0.2, 0) is 6.42 Å². The smallest absolute Gasteiger partial charge is 0.335 e. The van der Waals surface area contributed by atoms with Crippen LogP contribution in [0.25, 0.3) is 0 Å². The van der Waals surface area contributed by atoms with Crippen LogP contribution < -0.4 is 4.74 Å². The van der Waals surface area contributed by atoms with E-state index >= 15 is 0 Å². The molecule has 0 aliphatic rings. The Morgan fingerprint density at radius 3 is 2.28 bits per heavy atom. The number of aryl methyl sites for hydroxylation is 2. The van der Waals surface area contributed by atoms with Crippen LogP contribution in [-0.4, -0.2) is 28.9 Å². The summed E-state index contributed by atoms with van der Waals surface area (Å²) in [5.41, 5.74) is 3.64. The summed E-state index contributed by atoms with van der Waals surface area (Å²) in [5.74, 6) is 0.321. The number of benzene rings is 2. The number of aromatic carboxylic acids is 1. The number of aliphatic hydroxyl groups is 1. The largest absolute Gasteiger partial charge is 0.491 e. The number of carboxylic acid groups (broad SMARTS) is 1. The molecule has 4 heteroatoms. The van der Waals surface area contributed by atoms with E-state index in [-0.39, 0.29) is 12.0 Å². The van der Waals surface area contributed by atoms with Crippen molar-refractivity contribution in [2.75, 3.05) is 6.61 Å². The number of aliphatic hydroxyl groups excluding tert-OH is 1.